The maximum atomic E-state index is 5.65. The summed E-state index contributed by atoms with van der Waals surface area (Å²) in [6, 6.07) is 5.86. The molecule has 0 spiro atoms. The highest BCUT2D eigenvalue weighted by Gasteiger charge is 2.35. The van der Waals surface area contributed by atoms with Crippen molar-refractivity contribution in [1.82, 2.24) is 9.97 Å². The number of ether oxygens (including phenoxy) is 1. The number of hydrogen-bond acceptors (Lipinski definition) is 3. The summed E-state index contributed by atoms with van der Waals surface area (Å²) in [4.78, 5) is 9.44. The first-order valence-corrected chi connectivity index (χ1v) is 7.59. The first kappa shape index (κ1) is 13.8. The van der Waals surface area contributed by atoms with Gasteiger partial charge in [-0.15, -0.1) is 0 Å². The van der Waals surface area contributed by atoms with E-state index in [1.807, 2.05) is 32.0 Å². The van der Waals surface area contributed by atoms with E-state index in [0.29, 0.717) is 18.4 Å². The molecule has 1 saturated carbocycles. The fourth-order valence-electron chi connectivity index (χ4n) is 2.61. The standard InChI is InChI=1S/C16H14N2O.C2H6/c1-2-6-19-15-5-3-4-12-16(15)18-14-9-11-7-10(11)8-13(14)17-12;1-2/h2-5,8-11H,1,6-7H2;1-2H3. The molecule has 0 N–H and O–H groups in total. The van der Waals surface area contributed by atoms with Gasteiger partial charge < -0.3 is 4.74 Å². The lowest BCUT2D eigenvalue weighted by molar-refractivity contribution is 0.366. The molecule has 2 unspecified atom stereocenters. The summed E-state index contributed by atoms with van der Waals surface area (Å²) < 4.78 is 5.65. The van der Waals surface area contributed by atoms with Crippen molar-refractivity contribution in [2.24, 2.45) is 11.8 Å². The lowest BCUT2D eigenvalue weighted by Crippen LogP contribution is -2.33. The van der Waals surface area contributed by atoms with Gasteiger partial charge in [0.15, 0.2) is 0 Å². The highest BCUT2D eigenvalue weighted by molar-refractivity contribution is 5.81. The molecule has 2 atom stereocenters. The van der Waals surface area contributed by atoms with E-state index < -0.39 is 0 Å². The van der Waals surface area contributed by atoms with Crippen LogP contribution in [-0.4, -0.2) is 16.6 Å². The molecule has 1 fully saturated rings. The Kier molecular flexibility index (Phi) is 3.74. The van der Waals surface area contributed by atoms with E-state index in [1.165, 1.54) is 6.42 Å². The minimum atomic E-state index is 0.485. The molecule has 0 amide bonds. The van der Waals surface area contributed by atoms with Crippen LogP contribution in [0, 0.1) is 11.8 Å². The Morgan fingerprint density at radius 3 is 2.62 bits per heavy atom. The highest BCUT2D eigenvalue weighted by Crippen LogP contribution is 2.41. The van der Waals surface area contributed by atoms with E-state index in [1.54, 1.807) is 6.08 Å². The van der Waals surface area contributed by atoms with Crippen LogP contribution < -0.4 is 15.4 Å². The zero-order valence-electron chi connectivity index (χ0n) is 12.5. The number of rotatable bonds is 3. The van der Waals surface area contributed by atoms with Crippen LogP contribution in [0.3, 0.4) is 0 Å². The number of hydrogen-bond donors (Lipinski definition) is 0. The van der Waals surface area contributed by atoms with E-state index in [2.05, 4.69) is 18.7 Å². The van der Waals surface area contributed by atoms with Gasteiger partial charge in [-0.1, -0.05) is 44.7 Å². The van der Waals surface area contributed by atoms with E-state index >= 15 is 0 Å². The summed E-state index contributed by atoms with van der Waals surface area (Å²) in [7, 11) is 0. The number of benzene rings is 1. The Morgan fingerprint density at radius 2 is 1.90 bits per heavy atom. The molecule has 0 aliphatic heterocycles. The predicted octanol–water partition coefficient (Wildman–Crippen LogP) is 2.43. The number of nitrogens with zero attached hydrogens (tertiary/aromatic N) is 2. The van der Waals surface area contributed by atoms with Gasteiger partial charge in [-0.25, -0.2) is 9.97 Å². The minimum Gasteiger partial charge on any atom is -0.487 e. The maximum Gasteiger partial charge on any atom is 0.147 e. The summed E-state index contributed by atoms with van der Waals surface area (Å²) in [6.07, 6.45) is 7.48. The Hall–Kier alpha value is -2.16. The van der Waals surface area contributed by atoms with Gasteiger partial charge >= 0.3 is 0 Å². The predicted molar refractivity (Wildman–Crippen MR) is 86.4 cm³/mol. The molecule has 21 heavy (non-hydrogen) atoms. The van der Waals surface area contributed by atoms with Crippen LogP contribution in [0.4, 0.5) is 0 Å². The van der Waals surface area contributed by atoms with Crippen molar-refractivity contribution in [3.63, 3.8) is 0 Å². The number of aromatic nitrogens is 2. The first-order chi connectivity index (χ1) is 10.3. The zero-order chi connectivity index (χ0) is 14.8. The van der Waals surface area contributed by atoms with Crippen LogP contribution in [-0.2, 0) is 0 Å². The maximum absolute atomic E-state index is 5.65. The van der Waals surface area contributed by atoms with Crippen LogP contribution in [0.1, 0.15) is 20.3 Å². The molecule has 3 nitrogen and oxygen atoms in total. The van der Waals surface area contributed by atoms with Gasteiger partial charge in [0.05, 0.1) is 16.2 Å². The molecule has 4 rings (SSSR count). The molecule has 1 aromatic heterocycles. The van der Waals surface area contributed by atoms with E-state index in [4.69, 9.17) is 14.7 Å². The lowest BCUT2D eigenvalue weighted by Gasteiger charge is -2.07. The van der Waals surface area contributed by atoms with E-state index in [0.717, 1.165) is 27.5 Å². The molecule has 1 aromatic carbocycles. The molecule has 2 aliphatic carbocycles. The minimum absolute atomic E-state index is 0.485. The van der Waals surface area contributed by atoms with Gasteiger partial charge in [0.25, 0.3) is 0 Å². The topological polar surface area (TPSA) is 35.0 Å². The van der Waals surface area contributed by atoms with Crippen molar-refractivity contribution in [3.8, 4) is 5.75 Å². The van der Waals surface area contributed by atoms with Crippen molar-refractivity contribution >= 4 is 23.2 Å². The first-order valence-electron chi connectivity index (χ1n) is 7.59. The van der Waals surface area contributed by atoms with Crippen molar-refractivity contribution in [2.75, 3.05) is 6.61 Å². The molecule has 2 aliphatic rings. The summed E-state index contributed by atoms with van der Waals surface area (Å²) >= 11 is 0. The molecule has 108 valence electrons. The molecule has 2 aromatic rings. The molecular weight excluding hydrogens is 260 g/mol. The summed E-state index contributed by atoms with van der Waals surface area (Å²) in [5.74, 6) is 2.15. The van der Waals surface area contributed by atoms with Gasteiger partial charge in [0, 0.05) is 0 Å². The van der Waals surface area contributed by atoms with Gasteiger partial charge in [-0.05, 0) is 30.4 Å². The van der Waals surface area contributed by atoms with Gasteiger partial charge in [-0.3, -0.25) is 0 Å². The largest absolute Gasteiger partial charge is 0.487 e. The fraction of sp³-hybridized carbons (Fsp3) is 0.333. The van der Waals surface area contributed by atoms with Crippen molar-refractivity contribution in [3.05, 3.63) is 41.6 Å². The third kappa shape index (κ3) is 2.56. The Labute approximate surface area is 124 Å². The van der Waals surface area contributed by atoms with Crippen molar-refractivity contribution in [2.45, 2.75) is 20.3 Å². The average molecular weight is 280 g/mol. The van der Waals surface area contributed by atoms with Crippen molar-refractivity contribution < 1.29 is 4.74 Å². The summed E-state index contributed by atoms with van der Waals surface area (Å²) in [6.45, 7) is 8.15. The van der Waals surface area contributed by atoms with Crippen LogP contribution in [0.2, 0.25) is 0 Å². The van der Waals surface area contributed by atoms with Crippen LogP contribution in [0.25, 0.3) is 23.2 Å². The smallest absolute Gasteiger partial charge is 0.147 e. The number of fused-ring (bicyclic) bond motifs is 3. The van der Waals surface area contributed by atoms with Crippen LogP contribution in [0.5, 0.6) is 5.75 Å². The van der Waals surface area contributed by atoms with E-state index in [9.17, 15) is 0 Å². The zero-order valence-corrected chi connectivity index (χ0v) is 12.5. The van der Waals surface area contributed by atoms with E-state index in [-0.39, 0.29) is 0 Å². The second-order valence-electron chi connectivity index (χ2n) is 5.11. The van der Waals surface area contributed by atoms with Crippen LogP contribution in [0.15, 0.2) is 30.9 Å². The van der Waals surface area contributed by atoms with Crippen molar-refractivity contribution in [1.29, 1.82) is 0 Å². The second-order valence-corrected chi connectivity index (χ2v) is 5.11. The highest BCUT2D eigenvalue weighted by atomic mass is 16.5. The average Bonchev–Trinajstić information content (AvgIpc) is 3.28. The molecule has 0 bridgehead atoms. The van der Waals surface area contributed by atoms with Gasteiger partial charge in [0.2, 0.25) is 0 Å². The Bertz CT molecular complexity index is 795. The summed E-state index contributed by atoms with van der Waals surface area (Å²) in [5.41, 5.74) is 1.73. The molecule has 0 saturated heterocycles. The fourth-order valence-corrected chi connectivity index (χ4v) is 2.61. The van der Waals surface area contributed by atoms with Gasteiger partial charge in [-0.2, -0.15) is 0 Å². The lowest BCUT2D eigenvalue weighted by atomic mass is 10.2. The third-order valence-electron chi connectivity index (χ3n) is 3.71. The quantitative estimate of drug-likeness (QED) is 0.810. The molecule has 0 radical (unpaired) electrons. The molecular formula is C18H20N2O. The Balaban J connectivity index is 0.000000636. The normalized spacial score (nSPS) is 20.9. The molecule has 1 heterocycles. The number of para-hydroxylation sites is 1. The van der Waals surface area contributed by atoms with Crippen LogP contribution >= 0.6 is 0 Å². The second kappa shape index (κ2) is 5.68. The monoisotopic (exact) mass is 280 g/mol. The SMILES string of the molecule is C=CCOc1cccc2nc3c(nc12)=CC1CC1C=3.CC. The van der Waals surface area contributed by atoms with Gasteiger partial charge in [0.1, 0.15) is 17.9 Å². The third-order valence-corrected chi connectivity index (χ3v) is 3.71. The molecule has 3 heteroatoms. The summed E-state index contributed by atoms with van der Waals surface area (Å²) in [5, 5.41) is 2.02. The Morgan fingerprint density at radius 1 is 1.19 bits per heavy atom.